The Morgan fingerprint density at radius 2 is 1.91 bits per heavy atom. The van der Waals surface area contributed by atoms with E-state index in [-0.39, 0.29) is 18.4 Å². The summed E-state index contributed by atoms with van der Waals surface area (Å²) >= 11 is 0. The number of hydrogen-bond donors (Lipinski definition) is 1. The van der Waals surface area contributed by atoms with E-state index in [2.05, 4.69) is 26.8 Å². The van der Waals surface area contributed by atoms with Crippen molar-refractivity contribution >= 4 is 6.02 Å². The Balaban J connectivity index is 1.70. The fourth-order valence-corrected chi connectivity index (χ4v) is 3.88. The highest BCUT2D eigenvalue weighted by Crippen LogP contribution is 2.52. The summed E-state index contributed by atoms with van der Waals surface area (Å²) in [5.41, 5.74) is 7.54. The number of fused-ring (bicyclic) bond motifs is 4. The van der Waals surface area contributed by atoms with E-state index in [1.807, 2.05) is 26.0 Å². The van der Waals surface area contributed by atoms with E-state index < -0.39 is 17.0 Å². The zero-order valence-electron chi connectivity index (χ0n) is 18.3. The predicted octanol–water partition coefficient (Wildman–Crippen LogP) is 3.75. The highest BCUT2D eigenvalue weighted by atomic mass is 19.1. The van der Waals surface area contributed by atoms with Crippen molar-refractivity contribution < 1.29 is 18.6 Å². The number of ether oxygens (including phenoxy) is 3. The molecule has 3 heterocycles. The first-order valence-electron chi connectivity index (χ1n) is 10.3. The first-order chi connectivity index (χ1) is 15.8. The number of rotatable bonds is 2. The maximum Gasteiger partial charge on any atom is 0.283 e. The third-order valence-corrected chi connectivity index (χ3v) is 5.77. The summed E-state index contributed by atoms with van der Waals surface area (Å²) in [5.74, 6) is 6.02. The lowest BCUT2D eigenvalue weighted by molar-refractivity contribution is 0.0741. The van der Waals surface area contributed by atoms with Crippen LogP contribution in [0.15, 0.2) is 54.0 Å². The predicted molar refractivity (Wildman–Crippen MR) is 120 cm³/mol. The second-order valence-electron chi connectivity index (χ2n) is 8.34. The Labute approximate surface area is 190 Å². The minimum Gasteiger partial charge on any atom is -0.462 e. The van der Waals surface area contributed by atoms with Gasteiger partial charge in [0.2, 0.25) is 0 Å². The van der Waals surface area contributed by atoms with Gasteiger partial charge in [-0.25, -0.2) is 19.4 Å². The van der Waals surface area contributed by atoms with Crippen LogP contribution in [0.25, 0.3) is 11.1 Å². The van der Waals surface area contributed by atoms with Gasteiger partial charge < -0.3 is 19.9 Å². The molecule has 2 aliphatic rings. The van der Waals surface area contributed by atoms with Crippen molar-refractivity contribution in [2.75, 3.05) is 13.7 Å². The van der Waals surface area contributed by atoms with Gasteiger partial charge in [0, 0.05) is 41.8 Å². The van der Waals surface area contributed by atoms with Crippen LogP contribution in [0, 0.1) is 17.7 Å². The molecule has 0 bridgehead atoms. The summed E-state index contributed by atoms with van der Waals surface area (Å²) in [6.45, 7) is 3.78. The van der Waals surface area contributed by atoms with E-state index in [0.29, 0.717) is 22.4 Å². The van der Waals surface area contributed by atoms with Gasteiger partial charge in [-0.2, -0.15) is 0 Å². The van der Waals surface area contributed by atoms with Crippen LogP contribution in [-0.2, 0) is 15.0 Å². The third kappa shape index (κ3) is 3.56. The lowest BCUT2D eigenvalue weighted by Crippen LogP contribution is -2.31. The molecule has 33 heavy (non-hydrogen) atoms. The number of benzene rings is 2. The molecular formula is C25H21FN4O3. The number of nitrogens with zero attached hydrogens (tertiary/aromatic N) is 3. The van der Waals surface area contributed by atoms with E-state index in [1.165, 1.54) is 12.4 Å². The molecule has 5 rings (SSSR count). The fraction of sp³-hybridized carbons (Fsp3) is 0.240. The molecule has 7 nitrogen and oxygen atoms in total. The van der Waals surface area contributed by atoms with Gasteiger partial charge in [0.25, 0.3) is 6.02 Å². The van der Waals surface area contributed by atoms with E-state index in [1.54, 1.807) is 31.6 Å². The zero-order chi connectivity index (χ0) is 23.2. The molecule has 1 aromatic heterocycles. The molecular weight excluding hydrogens is 423 g/mol. The van der Waals surface area contributed by atoms with Gasteiger partial charge in [0.05, 0.1) is 0 Å². The van der Waals surface area contributed by atoms with E-state index >= 15 is 4.39 Å². The van der Waals surface area contributed by atoms with Crippen LogP contribution >= 0.6 is 0 Å². The first-order valence-corrected chi connectivity index (χ1v) is 10.3. The molecule has 2 aliphatic heterocycles. The Morgan fingerprint density at radius 1 is 1.12 bits per heavy atom. The Hall–Kier alpha value is -3.96. The van der Waals surface area contributed by atoms with Crippen LogP contribution in [0.1, 0.15) is 30.5 Å². The number of aromatic nitrogens is 2. The molecule has 0 fully saturated rings. The Kier molecular flexibility index (Phi) is 4.80. The number of nitrogens with two attached hydrogens (primary N) is 1. The van der Waals surface area contributed by atoms with Crippen molar-refractivity contribution in [2.45, 2.75) is 25.0 Å². The average Bonchev–Trinajstić information content (AvgIpc) is 3.21. The van der Waals surface area contributed by atoms with Crippen molar-refractivity contribution in [3.63, 3.8) is 0 Å². The van der Waals surface area contributed by atoms with Crippen LogP contribution in [0.3, 0.4) is 0 Å². The van der Waals surface area contributed by atoms with Crippen LogP contribution in [-0.4, -0.2) is 35.3 Å². The largest absolute Gasteiger partial charge is 0.462 e. The third-order valence-electron chi connectivity index (χ3n) is 5.77. The minimum absolute atomic E-state index is 0.0275. The zero-order valence-corrected chi connectivity index (χ0v) is 18.3. The molecule has 2 aromatic carbocycles. The van der Waals surface area contributed by atoms with Gasteiger partial charge in [-0.1, -0.05) is 17.9 Å². The summed E-state index contributed by atoms with van der Waals surface area (Å²) in [7, 11) is 1.57. The standard InChI is InChI=1S/C25H21FN4O3/c1-24(2,31-3)7-6-15-8-19-22(20(26)9-15)33-21-5-4-16(17-11-28-14-29-12-17)10-18(21)25(19)13-32-23(27)30-25/h4-5,8-12,14H,13H2,1-3H3,(H2,27,30)/t25-/m0/s1. The van der Waals surface area contributed by atoms with Crippen LogP contribution < -0.4 is 10.5 Å². The maximum absolute atomic E-state index is 15.2. The Bertz CT molecular complexity index is 1340. The summed E-state index contributed by atoms with van der Waals surface area (Å²) in [5, 5.41) is 0. The highest BCUT2D eigenvalue weighted by Gasteiger charge is 2.48. The van der Waals surface area contributed by atoms with E-state index in [9.17, 15) is 0 Å². The molecule has 1 spiro atoms. The molecule has 0 radical (unpaired) electrons. The molecule has 0 saturated heterocycles. The molecule has 3 aromatic rings. The monoisotopic (exact) mass is 444 g/mol. The van der Waals surface area contributed by atoms with Crippen molar-refractivity contribution in [1.82, 2.24) is 9.97 Å². The number of amidine groups is 1. The summed E-state index contributed by atoms with van der Waals surface area (Å²) in [6.07, 6.45) is 4.90. The van der Waals surface area contributed by atoms with Gasteiger partial charge in [-0.15, -0.1) is 0 Å². The molecule has 2 N–H and O–H groups in total. The molecule has 166 valence electrons. The average molecular weight is 444 g/mol. The highest BCUT2D eigenvalue weighted by molar-refractivity contribution is 5.78. The topological polar surface area (TPSA) is 91.9 Å². The summed E-state index contributed by atoms with van der Waals surface area (Å²) in [6, 6.07) is 8.70. The normalized spacial score (nSPS) is 18.4. The van der Waals surface area contributed by atoms with Gasteiger partial charge in [-0.05, 0) is 43.7 Å². The number of aliphatic imine (C=N–C) groups is 1. The summed E-state index contributed by atoms with van der Waals surface area (Å²) < 4.78 is 32.2. The van der Waals surface area contributed by atoms with Crippen LogP contribution in [0.4, 0.5) is 4.39 Å². The van der Waals surface area contributed by atoms with E-state index in [4.69, 9.17) is 19.9 Å². The fourth-order valence-electron chi connectivity index (χ4n) is 3.88. The smallest absolute Gasteiger partial charge is 0.283 e. The van der Waals surface area contributed by atoms with Crippen molar-refractivity contribution in [1.29, 1.82) is 0 Å². The quantitative estimate of drug-likeness (QED) is 0.606. The van der Waals surface area contributed by atoms with Gasteiger partial charge in [-0.3, -0.25) is 0 Å². The van der Waals surface area contributed by atoms with Gasteiger partial charge in [0.1, 0.15) is 24.3 Å². The second-order valence-corrected chi connectivity index (χ2v) is 8.34. The minimum atomic E-state index is -1.08. The molecule has 0 unspecified atom stereocenters. The SMILES string of the molecule is COC(C)(C)C#Cc1cc(F)c2c(c1)[C@]1(COC(N)=N1)c1cc(-c3cncnc3)ccc1O2. The number of methoxy groups -OCH3 is 1. The van der Waals surface area contributed by atoms with Crippen molar-refractivity contribution in [3.05, 3.63) is 71.6 Å². The molecule has 0 amide bonds. The van der Waals surface area contributed by atoms with Crippen LogP contribution in [0.5, 0.6) is 11.5 Å². The molecule has 0 aliphatic carbocycles. The summed E-state index contributed by atoms with van der Waals surface area (Å²) in [4.78, 5) is 12.8. The first kappa shape index (κ1) is 20.9. The Morgan fingerprint density at radius 3 is 2.61 bits per heavy atom. The van der Waals surface area contributed by atoms with E-state index in [0.717, 1.165) is 11.1 Å². The molecule has 0 saturated carbocycles. The maximum atomic E-state index is 15.2. The number of halogens is 1. The lowest BCUT2D eigenvalue weighted by atomic mass is 9.79. The number of hydrogen-bond acceptors (Lipinski definition) is 7. The lowest BCUT2D eigenvalue weighted by Gasteiger charge is -2.34. The van der Waals surface area contributed by atoms with Gasteiger partial charge in [0.15, 0.2) is 17.1 Å². The van der Waals surface area contributed by atoms with Crippen LogP contribution in [0.2, 0.25) is 0 Å². The van der Waals surface area contributed by atoms with Crippen molar-refractivity contribution in [3.8, 4) is 34.5 Å². The van der Waals surface area contributed by atoms with Gasteiger partial charge >= 0.3 is 0 Å². The molecule has 8 heteroatoms. The molecule has 1 atom stereocenters. The second kappa shape index (κ2) is 7.57. The van der Waals surface area contributed by atoms with Crippen molar-refractivity contribution in [2.24, 2.45) is 10.7 Å².